The Bertz CT molecular complexity index is 758. The number of benzene rings is 1. The highest BCUT2D eigenvalue weighted by atomic mass is 32.2. The van der Waals surface area contributed by atoms with Crippen LogP contribution in [0.4, 0.5) is 0 Å². The van der Waals surface area contributed by atoms with Gasteiger partial charge in [0.05, 0.1) is 6.07 Å². The van der Waals surface area contributed by atoms with Crippen molar-refractivity contribution < 1.29 is 13.5 Å². The second-order valence-corrected chi connectivity index (χ2v) is 7.52. The molecule has 0 radical (unpaired) electrons. The third-order valence-corrected chi connectivity index (χ3v) is 4.21. The molecule has 21 heavy (non-hydrogen) atoms. The van der Waals surface area contributed by atoms with E-state index in [1.54, 1.807) is 12.1 Å². The largest absolute Gasteiger partial charge is 0.508 e. The van der Waals surface area contributed by atoms with E-state index in [4.69, 9.17) is 10.5 Å². The maximum absolute atomic E-state index is 11.8. The molecule has 0 saturated carbocycles. The Labute approximate surface area is 124 Å². The first-order chi connectivity index (χ1) is 9.61. The first-order valence-corrected chi connectivity index (χ1v) is 7.82. The van der Waals surface area contributed by atoms with Crippen molar-refractivity contribution in [3.05, 3.63) is 34.2 Å². The molecule has 0 bridgehead atoms. The number of rotatable bonds is 3. The van der Waals surface area contributed by atoms with Gasteiger partial charge < -0.3 is 5.11 Å². The molecule has 1 N–H and O–H groups in total. The molecule has 6 heteroatoms. The number of nitriles is 2. The van der Waals surface area contributed by atoms with Gasteiger partial charge in [0.1, 0.15) is 22.5 Å². The number of nitrogens with zero attached hydrogens (tertiary/aromatic N) is 2. The summed E-state index contributed by atoms with van der Waals surface area (Å²) in [4.78, 5) is -0.463. The summed E-state index contributed by atoms with van der Waals surface area (Å²) < 4.78 is 23.5. The zero-order valence-corrected chi connectivity index (χ0v) is 12.9. The molecule has 0 aliphatic rings. The van der Waals surface area contributed by atoms with Gasteiger partial charge in [0.25, 0.3) is 0 Å². The molecule has 1 aromatic carbocycles. The standard InChI is InChI=1S/C15H16N2O3S/c1-15(2,3)13-9-11(4-5-14(13)18)8-12(10-17)21(19,20)7-6-16/h4-5,8-9,18H,7H2,1-3H3. The lowest BCUT2D eigenvalue weighted by Gasteiger charge is -2.20. The van der Waals surface area contributed by atoms with Crippen LogP contribution in [0.1, 0.15) is 31.9 Å². The minimum Gasteiger partial charge on any atom is -0.508 e. The van der Waals surface area contributed by atoms with E-state index in [1.807, 2.05) is 20.8 Å². The summed E-state index contributed by atoms with van der Waals surface area (Å²) in [5, 5.41) is 27.3. The molecule has 0 aliphatic heterocycles. The highest BCUT2D eigenvalue weighted by Crippen LogP contribution is 2.31. The number of aromatic hydroxyl groups is 1. The molecular formula is C15H16N2O3S. The summed E-state index contributed by atoms with van der Waals surface area (Å²) in [6, 6.07) is 7.75. The Morgan fingerprint density at radius 2 is 1.95 bits per heavy atom. The monoisotopic (exact) mass is 304 g/mol. The summed E-state index contributed by atoms with van der Waals surface area (Å²) in [6.45, 7) is 5.73. The van der Waals surface area contributed by atoms with Crippen LogP contribution in [0.3, 0.4) is 0 Å². The third-order valence-electron chi connectivity index (χ3n) is 2.83. The van der Waals surface area contributed by atoms with Gasteiger partial charge in [0.15, 0.2) is 0 Å². The number of phenolic OH excluding ortho intramolecular Hbond substituents is 1. The van der Waals surface area contributed by atoms with Gasteiger partial charge in [0.2, 0.25) is 9.84 Å². The average molecular weight is 304 g/mol. The summed E-state index contributed by atoms with van der Waals surface area (Å²) in [5.74, 6) is -0.630. The third kappa shape index (κ3) is 4.08. The highest BCUT2D eigenvalue weighted by Gasteiger charge is 2.20. The van der Waals surface area contributed by atoms with Crippen LogP contribution in [-0.4, -0.2) is 19.3 Å². The van der Waals surface area contributed by atoms with Crippen LogP contribution in [-0.2, 0) is 15.3 Å². The molecule has 0 aromatic heterocycles. The molecule has 1 aromatic rings. The van der Waals surface area contributed by atoms with Gasteiger partial charge in [-0.05, 0) is 34.8 Å². The van der Waals surface area contributed by atoms with Crippen LogP contribution in [0.2, 0.25) is 0 Å². The Morgan fingerprint density at radius 3 is 2.43 bits per heavy atom. The molecule has 1 rings (SSSR count). The van der Waals surface area contributed by atoms with Crippen LogP contribution in [0, 0.1) is 22.7 Å². The fourth-order valence-electron chi connectivity index (χ4n) is 1.75. The highest BCUT2D eigenvalue weighted by molar-refractivity contribution is 7.95. The van der Waals surface area contributed by atoms with Crippen molar-refractivity contribution in [2.24, 2.45) is 0 Å². The molecule has 110 valence electrons. The maximum Gasteiger partial charge on any atom is 0.201 e. The van der Waals surface area contributed by atoms with E-state index in [1.165, 1.54) is 24.3 Å². The lowest BCUT2D eigenvalue weighted by Crippen LogP contribution is -2.11. The van der Waals surface area contributed by atoms with E-state index in [-0.39, 0.29) is 11.2 Å². The normalized spacial score (nSPS) is 12.5. The number of hydrogen-bond donors (Lipinski definition) is 1. The maximum atomic E-state index is 11.8. The van der Waals surface area contributed by atoms with E-state index in [0.717, 1.165) is 0 Å². The zero-order chi connectivity index (χ0) is 16.3. The number of phenols is 1. The van der Waals surface area contributed by atoms with Crippen LogP contribution in [0.15, 0.2) is 23.1 Å². The SMILES string of the molecule is CC(C)(C)c1cc(C=C(C#N)S(=O)(=O)CC#N)ccc1O. The van der Waals surface area contributed by atoms with Crippen LogP contribution in [0.5, 0.6) is 5.75 Å². The molecular weight excluding hydrogens is 288 g/mol. The molecule has 0 spiro atoms. The van der Waals surface area contributed by atoms with E-state index >= 15 is 0 Å². The van der Waals surface area contributed by atoms with Crippen molar-refractivity contribution >= 4 is 15.9 Å². The van der Waals surface area contributed by atoms with Crippen LogP contribution >= 0.6 is 0 Å². The van der Waals surface area contributed by atoms with Crippen molar-refractivity contribution in [2.75, 3.05) is 5.75 Å². The number of sulfone groups is 1. The minimum absolute atomic E-state index is 0.109. The smallest absolute Gasteiger partial charge is 0.201 e. The Kier molecular flexibility index (Phi) is 4.77. The molecule has 0 heterocycles. The first kappa shape index (κ1) is 16.7. The Balaban J connectivity index is 3.40. The zero-order valence-electron chi connectivity index (χ0n) is 12.1. The van der Waals surface area contributed by atoms with Crippen molar-refractivity contribution in [1.82, 2.24) is 0 Å². The molecule has 5 nitrogen and oxygen atoms in total. The predicted octanol–water partition coefficient (Wildman–Crippen LogP) is 2.49. The molecule has 0 atom stereocenters. The van der Waals surface area contributed by atoms with Gasteiger partial charge in [-0.3, -0.25) is 0 Å². The summed E-state index contributed by atoms with van der Waals surface area (Å²) in [6.07, 6.45) is 1.21. The lowest BCUT2D eigenvalue weighted by molar-refractivity contribution is 0.446. The van der Waals surface area contributed by atoms with E-state index < -0.39 is 20.5 Å². The Morgan fingerprint density at radius 1 is 1.33 bits per heavy atom. The topological polar surface area (TPSA) is 102 Å². The average Bonchev–Trinajstić information content (AvgIpc) is 2.35. The quantitative estimate of drug-likeness (QED) is 0.864. The predicted molar refractivity (Wildman–Crippen MR) is 79.8 cm³/mol. The lowest BCUT2D eigenvalue weighted by atomic mass is 9.85. The second-order valence-electron chi connectivity index (χ2n) is 5.56. The van der Waals surface area contributed by atoms with Crippen LogP contribution < -0.4 is 0 Å². The van der Waals surface area contributed by atoms with Gasteiger partial charge in [-0.25, -0.2) is 8.42 Å². The van der Waals surface area contributed by atoms with Crippen molar-refractivity contribution in [1.29, 1.82) is 10.5 Å². The summed E-state index contributed by atoms with van der Waals surface area (Å²) in [7, 11) is -3.90. The van der Waals surface area contributed by atoms with Crippen molar-refractivity contribution in [3.63, 3.8) is 0 Å². The van der Waals surface area contributed by atoms with Gasteiger partial charge in [0, 0.05) is 0 Å². The van der Waals surface area contributed by atoms with Gasteiger partial charge >= 0.3 is 0 Å². The van der Waals surface area contributed by atoms with Crippen molar-refractivity contribution in [3.8, 4) is 17.9 Å². The van der Waals surface area contributed by atoms with Gasteiger partial charge in [-0.15, -0.1) is 0 Å². The summed E-state index contributed by atoms with van der Waals surface area (Å²) >= 11 is 0. The molecule has 0 fully saturated rings. The van der Waals surface area contributed by atoms with Crippen LogP contribution in [0.25, 0.3) is 6.08 Å². The summed E-state index contributed by atoms with van der Waals surface area (Å²) in [5.41, 5.74) is 0.800. The van der Waals surface area contributed by atoms with Gasteiger partial charge in [-0.2, -0.15) is 10.5 Å². The van der Waals surface area contributed by atoms with E-state index in [0.29, 0.717) is 11.1 Å². The molecule has 0 unspecified atom stereocenters. The second kappa shape index (κ2) is 5.99. The number of hydrogen-bond acceptors (Lipinski definition) is 5. The van der Waals surface area contributed by atoms with E-state index in [2.05, 4.69) is 0 Å². The first-order valence-electron chi connectivity index (χ1n) is 6.17. The van der Waals surface area contributed by atoms with E-state index in [9.17, 15) is 13.5 Å². The molecule has 0 saturated heterocycles. The molecule has 0 amide bonds. The fraction of sp³-hybridized carbons (Fsp3) is 0.333. The number of allylic oxidation sites excluding steroid dienone is 1. The molecule has 0 aliphatic carbocycles. The minimum atomic E-state index is -3.90. The fourth-order valence-corrected chi connectivity index (χ4v) is 2.53. The Hall–Kier alpha value is -2.31. The van der Waals surface area contributed by atoms with Crippen molar-refractivity contribution in [2.45, 2.75) is 26.2 Å². The van der Waals surface area contributed by atoms with Gasteiger partial charge in [-0.1, -0.05) is 26.8 Å².